The van der Waals surface area contributed by atoms with Crippen LogP contribution in [0.5, 0.6) is 11.5 Å². The number of phenolic OH excluding ortho intramolecular Hbond substituents is 1. The average Bonchev–Trinajstić information content (AvgIpc) is 2.42. The Labute approximate surface area is 135 Å². The number of ether oxygens (including phenoxy) is 2. The Kier molecular flexibility index (Phi) is 5.30. The van der Waals surface area contributed by atoms with Crippen LogP contribution in [0.1, 0.15) is 26.3 Å². The smallest absolute Gasteiger partial charge is 0.176 e. The van der Waals surface area contributed by atoms with Gasteiger partial charge in [0.15, 0.2) is 11.5 Å². The SMILES string of the molecule is CCOc1cc(C(=S)N2C[C@@H](C)O[C@@H](C)C2)cc(Cl)c1O. The normalized spacial score (nSPS) is 22.2. The minimum Gasteiger partial charge on any atom is -0.503 e. The van der Waals surface area contributed by atoms with E-state index >= 15 is 0 Å². The molecule has 4 nitrogen and oxygen atoms in total. The summed E-state index contributed by atoms with van der Waals surface area (Å²) in [5.74, 6) is 0.311. The van der Waals surface area contributed by atoms with Crippen molar-refractivity contribution in [3.63, 3.8) is 0 Å². The van der Waals surface area contributed by atoms with Gasteiger partial charge in [-0.2, -0.15) is 0 Å². The number of hydrogen-bond donors (Lipinski definition) is 1. The maximum atomic E-state index is 9.90. The van der Waals surface area contributed by atoms with Crippen LogP contribution < -0.4 is 4.74 Å². The Morgan fingerprint density at radius 1 is 1.43 bits per heavy atom. The molecule has 0 aromatic heterocycles. The van der Waals surface area contributed by atoms with Crippen molar-refractivity contribution in [3.8, 4) is 11.5 Å². The van der Waals surface area contributed by atoms with Crippen molar-refractivity contribution in [3.05, 3.63) is 22.7 Å². The zero-order valence-electron chi connectivity index (χ0n) is 12.4. The molecule has 0 aliphatic carbocycles. The molecule has 0 radical (unpaired) electrons. The van der Waals surface area contributed by atoms with Gasteiger partial charge < -0.3 is 19.5 Å². The lowest BCUT2D eigenvalue weighted by molar-refractivity contribution is -0.0472. The van der Waals surface area contributed by atoms with Crippen LogP contribution >= 0.6 is 23.8 Å². The Morgan fingerprint density at radius 3 is 2.62 bits per heavy atom. The molecule has 1 saturated heterocycles. The molecule has 1 aliphatic rings. The summed E-state index contributed by atoms with van der Waals surface area (Å²) in [6, 6.07) is 3.41. The van der Waals surface area contributed by atoms with Crippen molar-refractivity contribution in [2.24, 2.45) is 0 Å². The van der Waals surface area contributed by atoms with Crippen LogP contribution in [0.2, 0.25) is 5.02 Å². The van der Waals surface area contributed by atoms with Crippen LogP contribution in [0.4, 0.5) is 0 Å². The number of morpholine rings is 1. The second-order valence-electron chi connectivity index (χ2n) is 5.21. The average molecular weight is 330 g/mol. The Balaban J connectivity index is 2.26. The highest BCUT2D eigenvalue weighted by molar-refractivity contribution is 7.80. The Hall–Kier alpha value is -1.04. The summed E-state index contributed by atoms with van der Waals surface area (Å²) in [7, 11) is 0. The van der Waals surface area contributed by atoms with Crippen molar-refractivity contribution in [1.82, 2.24) is 4.90 Å². The lowest BCUT2D eigenvalue weighted by Gasteiger charge is -2.37. The molecule has 1 fully saturated rings. The zero-order valence-corrected chi connectivity index (χ0v) is 14.0. The molecule has 0 bridgehead atoms. The van der Waals surface area contributed by atoms with Crippen LogP contribution in [0.3, 0.4) is 0 Å². The summed E-state index contributed by atoms with van der Waals surface area (Å²) >= 11 is 11.6. The summed E-state index contributed by atoms with van der Waals surface area (Å²) in [6.07, 6.45) is 0.260. The van der Waals surface area contributed by atoms with Gasteiger partial charge in [0, 0.05) is 18.7 Å². The number of thiocarbonyl (C=S) groups is 1. The highest BCUT2D eigenvalue weighted by Crippen LogP contribution is 2.35. The van der Waals surface area contributed by atoms with E-state index in [1.54, 1.807) is 12.1 Å². The fourth-order valence-electron chi connectivity index (χ4n) is 2.49. The molecule has 0 spiro atoms. The van der Waals surface area contributed by atoms with Crippen LogP contribution in [0, 0.1) is 0 Å². The van der Waals surface area contributed by atoms with E-state index in [0.29, 0.717) is 17.3 Å². The maximum absolute atomic E-state index is 9.90. The predicted molar refractivity (Wildman–Crippen MR) is 87.6 cm³/mol. The number of aromatic hydroxyl groups is 1. The molecule has 1 aliphatic heterocycles. The summed E-state index contributed by atoms with van der Waals surface area (Å²) in [5, 5.41) is 10.1. The molecule has 116 valence electrons. The largest absolute Gasteiger partial charge is 0.503 e. The van der Waals surface area contributed by atoms with Crippen LogP contribution in [-0.2, 0) is 4.74 Å². The first kappa shape index (κ1) is 16.3. The van der Waals surface area contributed by atoms with E-state index in [0.717, 1.165) is 18.7 Å². The van der Waals surface area contributed by atoms with Gasteiger partial charge in [-0.25, -0.2) is 0 Å². The summed E-state index contributed by atoms with van der Waals surface area (Å²) in [4.78, 5) is 2.80. The number of nitrogens with zero attached hydrogens (tertiary/aromatic N) is 1. The van der Waals surface area contributed by atoms with E-state index in [-0.39, 0.29) is 23.0 Å². The molecule has 1 heterocycles. The number of phenols is 1. The van der Waals surface area contributed by atoms with Gasteiger partial charge in [-0.15, -0.1) is 0 Å². The topological polar surface area (TPSA) is 41.9 Å². The van der Waals surface area contributed by atoms with E-state index in [4.69, 9.17) is 33.3 Å². The van der Waals surface area contributed by atoms with Crippen LogP contribution in [0.25, 0.3) is 0 Å². The maximum Gasteiger partial charge on any atom is 0.176 e. The number of benzene rings is 1. The van der Waals surface area contributed by atoms with Crippen molar-refractivity contribution >= 4 is 28.8 Å². The Bertz CT molecular complexity index is 528. The van der Waals surface area contributed by atoms with Gasteiger partial charge in [-0.05, 0) is 32.9 Å². The number of rotatable bonds is 3. The summed E-state index contributed by atoms with van der Waals surface area (Å²) < 4.78 is 11.1. The van der Waals surface area contributed by atoms with Gasteiger partial charge in [0.2, 0.25) is 0 Å². The molecule has 0 saturated carbocycles. The Morgan fingerprint density at radius 2 is 2.05 bits per heavy atom. The monoisotopic (exact) mass is 329 g/mol. The molecular weight excluding hydrogens is 310 g/mol. The molecule has 1 aromatic carbocycles. The molecule has 1 N–H and O–H groups in total. The second-order valence-corrected chi connectivity index (χ2v) is 6.00. The van der Waals surface area contributed by atoms with Crippen molar-refractivity contribution in [2.45, 2.75) is 33.0 Å². The van der Waals surface area contributed by atoms with Gasteiger partial charge in [-0.3, -0.25) is 0 Å². The van der Waals surface area contributed by atoms with E-state index in [1.165, 1.54) is 0 Å². The van der Waals surface area contributed by atoms with E-state index < -0.39 is 0 Å². The van der Waals surface area contributed by atoms with Crippen molar-refractivity contribution < 1.29 is 14.6 Å². The quantitative estimate of drug-likeness (QED) is 0.862. The number of hydrogen-bond acceptors (Lipinski definition) is 4. The highest BCUT2D eigenvalue weighted by Gasteiger charge is 2.25. The minimum absolute atomic E-state index is 0.0474. The minimum atomic E-state index is -0.0474. The third-order valence-corrected chi connectivity index (χ3v) is 4.06. The van der Waals surface area contributed by atoms with Crippen molar-refractivity contribution in [2.75, 3.05) is 19.7 Å². The number of halogens is 1. The standard InChI is InChI=1S/C15H20ClNO3S/c1-4-19-13-6-11(5-12(16)14(13)18)15(21)17-7-9(2)20-10(3)8-17/h5-6,9-10,18H,4,7-8H2,1-3H3/t9-,10+. The van der Waals surface area contributed by atoms with Gasteiger partial charge in [-0.1, -0.05) is 23.8 Å². The second kappa shape index (κ2) is 6.81. The summed E-state index contributed by atoms with van der Waals surface area (Å²) in [5.41, 5.74) is 0.776. The first-order valence-electron chi connectivity index (χ1n) is 7.02. The fraction of sp³-hybridized carbons (Fsp3) is 0.533. The van der Waals surface area contributed by atoms with Gasteiger partial charge in [0.1, 0.15) is 4.99 Å². The zero-order chi connectivity index (χ0) is 15.6. The third-order valence-electron chi connectivity index (χ3n) is 3.28. The molecule has 1 aromatic rings. The van der Waals surface area contributed by atoms with Crippen molar-refractivity contribution in [1.29, 1.82) is 0 Å². The lowest BCUT2D eigenvalue weighted by Crippen LogP contribution is -2.47. The predicted octanol–water partition coefficient (Wildman–Crippen LogP) is 3.23. The molecule has 0 unspecified atom stereocenters. The first-order chi connectivity index (χ1) is 9.92. The first-order valence-corrected chi connectivity index (χ1v) is 7.81. The highest BCUT2D eigenvalue weighted by atomic mass is 35.5. The lowest BCUT2D eigenvalue weighted by atomic mass is 10.1. The van der Waals surface area contributed by atoms with Crippen LogP contribution in [-0.4, -0.2) is 46.9 Å². The molecule has 2 rings (SSSR count). The van der Waals surface area contributed by atoms with Gasteiger partial charge in [0.25, 0.3) is 0 Å². The van der Waals surface area contributed by atoms with E-state index in [2.05, 4.69) is 4.90 Å². The molecule has 21 heavy (non-hydrogen) atoms. The third kappa shape index (κ3) is 3.78. The van der Waals surface area contributed by atoms with Gasteiger partial charge >= 0.3 is 0 Å². The van der Waals surface area contributed by atoms with E-state index in [1.807, 2.05) is 20.8 Å². The molecule has 6 heteroatoms. The molecule has 2 atom stereocenters. The molecular formula is C15H20ClNO3S. The fourth-order valence-corrected chi connectivity index (χ4v) is 2.97. The van der Waals surface area contributed by atoms with Gasteiger partial charge in [0.05, 0.1) is 23.8 Å². The summed E-state index contributed by atoms with van der Waals surface area (Å²) in [6.45, 7) is 7.84. The molecule has 0 amide bonds. The van der Waals surface area contributed by atoms with Crippen LogP contribution in [0.15, 0.2) is 12.1 Å². The van der Waals surface area contributed by atoms with E-state index in [9.17, 15) is 5.11 Å².